The summed E-state index contributed by atoms with van der Waals surface area (Å²) < 4.78 is 3.38. The van der Waals surface area contributed by atoms with Crippen molar-refractivity contribution >= 4 is 5.91 Å². The Bertz CT molecular complexity index is 705. The molecule has 0 radical (unpaired) electrons. The van der Waals surface area contributed by atoms with E-state index in [9.17, 15) is 9.59 Å². The van der Waals surface area contributed by atoms with Crippen LogP contribution in [0.15, 0.2) is 16.9 Å². The van der Waals surface area contributed by atoms with Crippen LogP contribution in [-0.2, 0) is 11.8 Å². The van der Waals surface area contributed by atoms with E-state index in [4.69, 9.17) is 0 Å². The third-order valence-corrected chi connectivity index (χ3v) is 5.68. The molecule has 1 unspecified atom stereocenters. The number of nitrogens with zero attached hydrogens (tertiary/aromatic N) is 4. The average Bonchev–Trinajstić information content (AvgIpc) is 3.41. The number of carbonyl (C=O) groups is 1. The Kier molecular flexibility index (Phi) is 4.06. The minimum absolute atomic E-state index is 0.0139. The quantitative estimate of drug-likeness (QED) is 0.796. The van der Waals surface area contributed by atoms with Gasteiger partial charge >= 0.3 is 5.69 Å². The SMILES string of the molecule is Cn1nc(C2CCN(C(=O)C3CC=CCC3)CC2)n(C2CC2)c1=O. The molecule has 3 aliphatic rings. The summed E-state index contributed by atoms with van der Waals surface area (Å²) in [6.45, 7) is 1.58. The van der Waals surface area contributed by atoms with E-state index in [2.05, 4.69) is 17.3 Å². The molecule has 2 heterocycles. The molecule has 1 aromatic rings. The molecule has 24 heavy (non-hydrogen) atoms. The number of hydrogen-bond acceptors (Lipinski definition) is 3. The third kappa shape index (κ3) is 2.82. The molecule has 2 fully saturated rings. The Morgan fingerprint density at radius 1 is 1.12 bits per heavy atom. The van der Waals surface area contributed by atoms with Crippen LogP contribution in [-0.4, -0.2) is 38.2 Å². The highest BCUT2D eigenvalue weighted by atomic mass is 16.2. The molecule has 0 spiro atoms. The van der Waals surface area contributed by atoms with E-state index in [1.54, 1.807) is 7.05 Å². The molecule has 1 aromatic heterocycles. The molecular weight excluding hydrogens is 304 g/mol. The number of hydrogen-bond donors (Lipinski definition) is 0. The molecule has 1 amide bonds. The second kappa shape index (κ2) is 6.22. The minimum atomic E-state index is 0.0139. The monoisotopic (exact) mass is 330 g/mol. The van der Waals surface area contributed by atoms with Gasteiger partial charge < -0.3 is 4.90 Å². The molecule has 1 atom stereocenters. The Hall–Kier alpha value is -1.85. The number of rotatable bonds is 3. The van der Waals surface area contributed by atoms with E-state index in [0.29, 0.717) is 17.9 Å². The van der Waals surface area contributed by atoms with Crippen LogP contribution in [0.3, 0.4) is 0 Å². The molecule has 6 nitrogen and oxygen atoms in total. The number of aryl methyl sites for hydroxylation is 1. The smallest absolute Gasteiger partial charge is 0.342 e. The predicted octanol–water partition coefficient (Wildman–Crippen LogP) is 1.98. The zero-order chi connectivity index (χ0) is 16.7. The molecular formula is C18H26N4O2. The van der Waals surface area contributed by atoms with Crippen molar-refractivity contribution in [3.63, 3.8) is 0 Å². The lowest BCUT2D eigenvalue weighted by Gasteiger charge is -2.34. The average molecular weight is 330 g/mol. The Balaban J connectivity index is 1.43. The summed E-state index contributed by atoms with van der Waals surface area (Å²) >= 11 is 0. The first-order valence-corrected chi connectivity index (χ1v) is 9.24. The highest BCUT2D eigenvalue weighted by Gasteiger charge is 2.35. The van der Waals surface area contributed by atoms with Crippen molar-refractivity contribution in [1.82, 2.24) is 19.2 Å². The Morgan fingerprint density at radius 2 is 1.88 bits per heavy atom. The molecule has 1 saturated heterocycles. The van der Waals surface area contributed by atoms with E-state index in [1.807, 2.05) is 9.47 Å². The lowest BCUT2D eigenvalue weighted by Crippen LogP contribution is -2.42. The van der Waals surface area contributed by atoms with Crippen molar-refractivity contribution in [2.24, 2.45) is 13.0 Å². The van der Waals surface area contributed by atoms with Gasteiger partial charge in [-0.15, -0.1) is 0 Å². The summed E-state index contributed by atoms with van der Waals surface area (Å²) in [5, 5.41) is 4.51. The summed E-state index contributed by atoms with van der Waals surface area (Å²) in [6, 6.07) is 0.356. The van der Waals surface area contributed by atoms with Crippen LogP contribution in [0.1, 0.15) is 62.7 Å². The van der Waals surface area contributed by atoms with Crippen molar-refractivity contribution in [3.8, 4) is 0 Å². The van der Waals surface area contributed by atoms with E-state index in [-0.39, 0.29) is 11.6 Å². The number of carbonyl (C=O) groups excluding carboxylic acids is 1. The number of aromatic nitrogens is 3. The van der Waals surface area contributed by atoms with Gasteiger partial charge in [0.25, 0.3) is 0 Å². The van der Waals surface area contributed by atoms with E-state index in [1.165, 1.54) is 4.68 Å². The maximum atomic E-state index is 12.7. The highest BCUT2D eigenvalue weighted by molar-refractivity contribution is 5.79. The fourth-order valence-corrected chi connectivity index (χ4v) is 4.09. The van der Waals surface area contributed by atoms with Crippen LogP contribution in [0, 0.1) is 5.92 Å². The van der Waals surface area contributed by atoms with Crippen molar-refractivity contribution in [2.75, 3.05) is 13.1 Å². The molecule has 1 saturated carbocycles. The van der Waals surface area contributed by atoms with Gasteiger partial charge in [-0.2, -0.15) is 5.10 Å². The molecule has 4 rings (SSSR count). The van der Waals surface area contributed by atoms with E-state index >= 15 is 0 Å². The number of likely N-dealkylation sites (tertiary alicyclic amines) is 1. The summed E-state index contributed by atoms with van der Waals surface area (Å²) in [4.78, 5) is 27.0. The van der Waals surface area contributed by atoms with Gasteiger partial charge in [-0.1, -0.05) is 12.2 Å². The maximum Gasteiger partial charge on any atom is 0.345 e. The normalized spacial score (nSPS) is 25.2. The predicted molar refractivity (Wildman–Crippen MR) is 90.8 cm³/mol. The van der Waals surface area contributed by atoms with E-state index < -0.39 is 0 Å². The summed E-state index contributed by atoms with van der Waals surface area (Å²) in [5.41, 5.74) is 0.0139. The van der Waals surface area contributed by atoms with Crippen LogP contribution in [0.25, 0.3) is 0 Å². The van der Waals surface area contributed by atoms with Gasteiger partial charge in [0.1, 0.15) is 5.82 Å². The van der Waals surface area contributed by atoms with Crippen LogP contribution in [0.5, 0.6) is 0 Å². The summed E-state index contributed by atoms with van der Waals surface area (Å²) in [6.07, 6.45) is 11.2. The molecule has 0 N–H and O–H groups in total. The van der Waals surface area contributed by atoms with E-state index in [0.717, 1.165) is 63.9 Å². The van der Waals surface area contributed by atoms with Gasteiger partial charge in [-0.25, -0.2) is 9.48 Å². The summed E-state index contributed by atoms with van der Waals surface area (Å²) in [7, 11) is 1.74. The van der Waals surface area contributed by atoms with Crippen LogP contribution >= 0.6 is 0 Å². The van der Waals surface area contributed by atoms with Gasteiger partial charge in [0.15, 0.2) is 0 Å². The zero-order valence-corrected chi connectivity index (χ0v) is 14.4. The molecule has 2 aliphatic carbocycles. The van der Waals surface area contributed by atoms with Gasteiger partial charge in [0, 0.05) is 38.0 Å². The first-order valence-electron chi connectivity index (χ1n) is 9.24. The second-order valence-corrected chi connectivity index (χ2v) is 7.45. The molecule has 0 aromatic carbocycles. The molecule has 6 heteroatoms. The van der Waals surface area contributed by atoms with Gasteiger partial charge in [0.05, 0.1) is 0 Å². The van der Waals surface area contributed by atoms with Crippen LogP contribution in [0.4, 0.5) is 0 Å². The fraction of sp³-hybridized carbons (Fsp3) is 0.722. The van der Waals surface area contributed by atoms with Gasteiger partial charge in [0.2, 0.25) is 5.91 Å². The number of allylic oxidation sites excluding steroid dienone is 2. The first-order chi connectivity index (χ1) is 11.6. The number of piperidine rings is 1. The lowest BCUT2D eigenvalue weighted by atomic mass is 9.90. The Labute approximate surface area is 142 Å². The minimum Gasteiger partial charge on any atom is -0.342 e. The fourth-order valence-electron chi connectivity index (χ4n) is 4.09. The molecule has 0 bridgehead atoms. The molecule has 130 valence electrons. The topological polar surface area (TPSA) is 60.1 Å². The van der Waals surface area contributed by atoms with Gasteiger partial charge in [-0.3, -0.25) is 9.36 Å². The summed E-state index contributed by atoms with van der Waals surface area (Å²) in [5.74, 6) is 1.73. The standard InChI is InChI=1S/C18H26N4O2/c1-20-18(24)22(15-7-8-15)16(19-20)13-9-11-21(12-10-13)17(23)14-5-3-2-4-6-14/h2-3,13-15H,4-12H2,1H3. The third-order valence-electron chi connectivity index (χ3n) is 5.68. The van der Waals surface area contributed by atoms with Crippen LogP contribution in [0.2, 0.25) is 0 Å². The Morgan fingerprint density at radius 3 is 2.50 bits per heavy atom. The van der Waals surface area contributed by atoms with Crippen molar-refractivity contribution < 1.29 is 4.79 Å². The van der Waals surface area contributed by atoms with Crippen LogP contribution < -0.4 is 5.69 Å². The lowest BCUT2D eigenvalue weighted by molar-refractivity contribution is -0.136. The maximum absolute atomic E-state index is 12.7. The van der Waals surface area contributed by atoms with Crippen molar-refractivity contribution in [1.29, 1.82) is 0 Å². The zero-order valence-electron chi connectivity index (χ0n) is 14.4. The van der Waals surface area contributed by atoms with Crippen molar-refractivity contribution in [3.05, 3.63) is 28.5 Å². The number of amides is 1. The second-order valence-electron chi connectivity index (χ2n) is 7.45. The van der Waals surface area contributed by atoms with Gasteiger partial charge in [-0.05, 0) is 44.9 Å². The first kappa shape index (κ1) is 15.7. The highest BCUT2D eigenvalue weighted by Crippen LogP contribution is 2.37. The largest absolute Gasteiger partial charge is 0.345 e. The van der Waals surface area contributed by atoms with Crippen molar-refractivity contribution in [2.45, 2.75) is 56.9 Å². The molecule has 1 aliphatic heterocycles.